The lowest BCUT2D eigenvalue weighted by Gasteiger charge is -2.31. The Hall–Kier alpha value is -1.91. The number of amides is 1. The predicted molar refractivity (Wildman–Crippen MR) is 78.5 cm³/mol. The van der Waals surface area contributed by atoms with Gasteiger partial charge in [-0.05, 0) is 38.3 Å². The monoisotopic (exact) mass is 290 g/mol. The average Bonchev–Trinajstić information content (AvgIpc) is 2.54. The second-order valence-corrected chi connectivity index (χ2v) is 5.25. The maximum atomic E-state index is 12.2. The summed E-state index contributed by atoms with van der Waals surface area (Å²) in [7, 11) is 0. The van der Waals surface area contributed by atoms with Crippen molar-refractivity contribution < 1.29 is 14.3 Å². The number of esters is 1. The van der Waals surface area contributed by atoms with Crippen molar-refractivity contribution in [2.75, 3.05) is 19.7 Å². The lowest BCUT2D eigenvalue weighted by Crippen LogP contribution is -2.42. The van der Waals surface area contributed by atoms with E-state index in [1.807, 2.05) is 18.2 Å². The van der Waals surface area contributed by atoms with Gasteiger partial charge < -0.3 is 9.64 Å². The number of hydrogen-bond acceptors (Lipinski definition) is 4. The molecule has 1 aromatic heterocycles. The lowest BCUT2D eigenvalue weighted by atomic mass is 9.97. The number of ether oxygens (including phenoxy) is 1. The molecule has 1 aliphatic heterocycles. The van der Waals surface area contributed by atoms with Gasteiger partial charge >= 0.3 is 5.97 Å². The highest BCUT2D eigenvalue weighted by molar-refractivity contribution is 5.78. The van der Waals surface area contributed by atoms with E-state index in [1.54, 1.807) is 18.0 Å². The quantitative estimate of drug-likeness (QED) is 0.776. The molecule has 0 bridgehead atoms. The van der Waals surface area contributed by atoms with Gasteiger partial charge in [-0.2, -0.15) is 0 Å². The number of aryl methyl sites for hydroxylation is 1. The minimum Gasteiger partial charge on any atom is -0.466 e. The normalized spacial score (nSPS) is 18.3. The van der Waals surface area contributed by atoms with Gasteiger partial charge in [0.25, 0.3) is 0 Å². The van der Waals surface area contributed by atoms with Crippen molar-refractivity contribution in [1.29, 1.82) is 0 Å². The number of piperidine rings is 1. The molecule has 21 heavy (non-hydrogen) atoms. The Labute approximate surface area is 125 Å². The van der Waals surface area contributed by atoms with Crippen molar-refractivity contribution in [3.8, 4) is 0 Å². The third-order valence-corrected chi connectivity index (χ3v) is 3.72. The zero-order valence-electron chi connectivity index (χ0n) is 12.5. The second kappa shape index (κ2) is 7.76. The molecular formula is C16H22N2O3. The van der Waals surface area contributed by atoms with Gasteiger partial charge in [0.1, 0.15) is 0 Å². The molecule has 2 heterocycles. The van der Waals surface area contributed by atoms with E-state index >= 15 is 0 Å². The van der Waals surface area contributed by atoms with Crippen molar-refractivity contribution in [2.24, 2.45) is 5.92 Å². The SMILES string of the molecule is CCOC(=O)[C@@H]1CCCN(C(=O)CCc2ccccn2)C1. The zero-order valence-corrected chi connectivity index (χ0v) is 12.5. The lowest BCUT2D eigenvalue weighted by molar-refractivity contribution is -0.151. The molecule has 1 amide bonds. The molecule has 0 aromatic carbocycles. The summed E-state index contributed by atoms with van der Waals surface area (Å²) in [5.41, 5.74) is 0.921. The van der Waals surface area contributed by atoms with Crippen LogP contribution in [0.5, 0.6) is 0 Å². The van der Waals surface area contributed by atoms with Crippen LogP contribution < -0.4 is 0 Å². The maximum Gasteiger partial charge on any atom is 0.310 e. The molecule has 0 spiro atoms. The van der Waals surface area contributed by atoms with Crippen molar-refractivity contribution >= 4 is 11.9 Å². The molecule has 0 unspecified atom stereocenters. The summed E-state index contributed by atoms with van der Waals surface area (Å²) in [6.45, 7) is 3.41. The summed E-state index contributed by atoms with van der Waals surface area (Å²) in [5.74, 6) is -0.258. The van der Waals surface area contributed by atoms with Crippen LogP contribution in [0.3, 0.4) is 0 Å². The summed E-state index contributed by atoms with van der Waals surface area (Å²) < 4.78 is 5.05. The first-order chi connectivity index (χ1) is 10.2. The molecule has 2 rings (SSSR count). The van der Waals surface area contributed by atoms with E-state index in [0.29, 0.717) is 26.0 Å². The highest BCUT2D eigenvalue weighted by atomic mass is 16.5. The molecule has 0 radical (unpaired) electrons. The molecule has 5 heteroatoms. The standard InChI is InChI=1S/C16H22N2O3/c1-2-21-16(20)13-6-5-11-18(12-13)15(19)9-8-14-7-3-4-10-17-14/h3-4,7,10,13H,2,5-6,8-9,11-12H2,1H3/t13-/m1/s1. The van der Waals surface area contributed by atoms with Crippen molar-refractivity contribution in [2.45, 2.75) is 32.6 Å². The van der Waals surface area contributed by atoms with Gasteiger partial charge in [0, 0.05) is 31.4 Å². The van der Waals surface area contributed by atoms with E-state index in [9.17, 15) is 9.59 Å². The number of pyridine rings is 1. The van der Waals surface area contributed by atoms with Crippen LogP contribution in [0.1, 0.15) is 31.9 Å². The first-order valence-electron chi connectivity index (χ1n) is 7.55. The summed E-state index contributed by atoms with van der Waals surface area (Å²) in [6.07, 6.45) is 4.48. The Morgan fingerprint density at radius 3 is 3.00 bits per heavy atom. The Balaban J connectivity index is 1.83. The third kappa shape index (κ3) is 4.55. The highest BCUT2D eigenvalue weighted by Crippen LogP contribution is 2.19. The smallest absolute Gasteiger partial charge is 0.310 e. The number of nitrogens with zero attached hydrogens (tertiary/aromatic N) is 2. The number of carbonyl (C=O) groups is 2. The minimum atomic E-state index is -0.181. The van der Waals surface area contributed by atoms with E-state index in [1.165, 1.54) is 0 Å². The molecule has 1 saturated heterocycles. The maximum absolute atomic E-state index is 12.2. The van der Waals surface area contributed by atoms with Gasteiger partial charge in [0.2, 0.25) is 5.91 Å². The Morgan fingerprint density at radius 2 is 2.29 bits per heavy atom. The van der Waals surface area contributed by atoms with Gasteiger partial charge in [-0.15, -0.1) is 0 Å². The van der Waals surface area contributed by atoms with Crippen molar-refractivity contribution in [3.05, 3.63) is 30.1 Å². The first kappa shape index (κ1) is 15.5. The fourth-order valence-electron chi connectivity index (χ4n) is 2.60. The summed E-state index contributed by atoms with van der Waals surface area (Å²) >= 11 is 0. The number of likely N-dealkylation sites (tertiary alicyclic amines) is 1. The summed E-state index contributed by atoms with van der Waals surface area (Å²) in [4.78, 5) is 30.0. The highest BCUT2D eigenvalue weighted by Gasteiger charge is 2.28. The van der Waals surface area contributed by atoms with Crippen LogP contribution in [0.2, 0.25) is 0 Å². The van der Waals surface area contributed by atoms with Crippen molar-refractivity contribution in [3.63, 3.8) is 0 Å². The van der Waals surface area contributed by atoms with E-state index in [4.69, 9.17) is 4.74 Å². The van der Waals surface area contributed by atoms with Crippen LogP contribution >= 0.6 is 0 Å². The molecule has 1 fully saturated rings. The topological polar surface area (TPSA) is 59.5 Å². The van der Waals surface area contributed by atoms with Crippen LogP contribution in [0.25, 0.3) is 0 Å². The molecule has 0 aliphatic carbocycles. The van der Waals surface area contributed by atoms with Crippen LogP contribution in [0.15, 0.2) is 24.4 Å². The van der Waals surface area contributed by atoms with Gasteiger partial charge in [-0.1, -0.05) is 6.07 Å². The van der Waals surface area contributed by atoms with Gasteiger partial charge in [-0.3, -0.25) is 14.6 Å². The molecule has 1 aromatic rings. The third-order valence-electron chi connectivity index (χ3n) is 3.72. The predicted octanol–water partition coefficient (Wildman–Crippen LogP) is 1.82. The minimum absolute atomic E-state index is 0.0923. The molecule has 0 N–H and O–H groups in total. The van der Waals surface area contributed by atoms with Crippen LogP contribution in [-0.4, -0.2) is 41.5 Å². The molecular weight excluding hydrogens is 268 g/mol. The number of aromatic nitrogens is 1. The van der Waals surface area contributed by atoms with Crippen molar-refractivity contribution in [1.82, 2.24) is 9.88 Å². The van der Waals surface area contributed by atoms with Gasteiger partial charge in [0.15, 0.2) is 0 Å². The first-order valence-corrected chi connectivity index (χ1v) is 7.55. The zero-order chi connectivity index (χ0) is 15.1. The number of rotatable bonds is 5. The van der Waals surface area contributed by atoms with E-state index in [-0.39, 0.29) is 17.8 Å². The largest absolute Gasteiger partial charge is 0.466 e. The van der Waals surface area contributed by atoms with Gasteiger partial charge in [-0.25, -0.2) is 0 Å². The molecule has 1 aliphatic rings. The molecule has 5 nitrogen and oxygen atoms in total. The second-order valence-electron chi connectivity index (χ2n) is 5.25. The fraction of sp³-hybridized carbons (Fsp3) is 0.562. The fourth-order valence-corrected chi connectivity index (χ4v) is 2.60. The Kier molecular flexibility index (Phi) is 5.72. The van der Waals surface area contributed by atoms with Crippen LogP contribution in [0.4, 0.5) is 0 Å². The summed E-state index contributed by atoms with van der Waals surface area (Å²) in [6, 6.07) is 5.70. The van der Waals surface area contributed by atoms with Crippen LogP contribution in [0, 0.1) is 5.92 Å². The van der Waals surface area contributed by atoms with Gasteiger partial charge in [0.05, 0.1) is 12.5 Å². The van der Waals surface area contributed by atoms with E-state index in [2.05, 4.69) is 4.98 Å². The summed E-state index contributed by atoms with van der Waals surface area (Å²) in [5, 5.41) is 0. The number of carbonyl (C=O) groups excluding carboxylic acids is 2. The number of hydrogen-bond donors (Lipinski definition) is 0. The average molecular weight is 290 g/mol. The van der Waals surface area contributed by atoms with E-state index < -0.39 is 0 Å². The van der Waals surface area contributed by atoms with E-state index in [0.717, 1.165) is 25.1 Å². The molecule has 1 atom stereocenters. The Bertz CT molecular complexity index is 476. The van der Waals surface area contributed by atoms with Crippen LogP contribution in [-0.2, 0) is 20.7 Å². The Morgan fingerprint density at radius 1 is 1.43 bits per heavy atom. The molecule has 114 valence electrons. The molecule has 0 saturated carbocycles.